The van der Waals surface area contributed by atoms with Crippen LogP contribution in [0.4, 0.5) is 5.13 Å². The Kier molecular flexibility index (Phi) is 4.88. The van der Waals surface area contributed by atoms with Crippen LogP contribution in [0.1, 0.15) is 36.6 Å². The van der Waals surface area contributed by atoms with Gasteiger partial charge in [0.2, 0.25) is 0 Å². The molecule has 1 aliphatic rings. The largest absolute Gasteiger partial charge is 0.344 e. The topological polar surface area (TPSA) is 28.2 Å². The fourth-order valence-corrected chi connectivity index (χ4v) is 3.63. The van der Waals surface area contributed by atoms with Gasteiger partial charge in [-0.25, -0.2) is 4.98 Å². The van der Waals surface area contributed by atoms with Crippen LogP contribution < -0.4 is 10.2 Å². The minimum Gasteiger partial charge on any atom is -0.344 e. The smallest absolute Gasteiger partial charge is 0.185 e. The van der Waals surface area contributed by atoms with Crippen LogP contribution in [-0.2, 0) is 19.5 Å². The number of benzene rings is 1. The molecule has 0 bridgehead atoms. The first kappa shape index (κ1) is 14.5. The lowest BCUT2D eigenvalue weighted by atomic mass is 10.0. The van der Waals surface area contributed by atoms with Crippen LogP contribution >= 0.6 is 11.3 Å². The van der Waals surface area contributed by atoms with Crippen LogP contribution in [0.5, 0.6) is 0 Å². The van der Waals surface area contributed by atoms with E-state index < -0.39 is 0 Å². The molecule has 21 heavy (non-hydrogen) atoms. The van der Waals surface area contributed by atoms with E-state index in [0.29, 0.717) is 0 Å². The molecule has 0 amide bonds. The zero-order valence-electron chi connectivity index (χ0n) is 12.6. The Morgan fingerprint density at radius 3 is 3.00 bits per heavy atom. The van der Waals surface area contributed by atoms with Gasteiger partial charge in [-0.05, 0) is 36.9 Å². The molecule has 0 atom stereocenters. The van der Waals surface area contributed by atoms with Crippen LogP contribution in [0, 0.1) is 0 Å². The van der Waals surface area contributed by atoms with E-state index in [4.69, 9.17) is 4.98 Å². The molecule has 0 unspecified atom stereocenters. The van der Waals surface area contributed by atoms with Crippen molar-refractivity contribution in [3.63, 3.8) is 0 Å². The van der Waals surface area contributed by atoms with Crippen LogP contribution in [0.2, 0.25) is 0 Å². The zero-order valence-corrected chi connectivity index (χ0v) is 13.5. The van der Waals surface area contributed by atoms with Crippen molar-refractivity contribution < 1.29 is 0 Å². The summed E-state index contributed by atoms with van der Waals surface area (Å²) >= 11 is 1.77. The first-order chi connectivity index (χ1) is 10.4. The molecule has 2 heterocycles. The minimum absolute atomic E-state index is 0.884. The SMILES string of the molecule is CCCNCc1csc(N2CCCc3ccccc3C2)n1. The fraction of sp³-hybridized carbons (Fsp3) is 0.471. The molecule has 1 aromatic carbocycles. The second-order valence-corrected chi connectivity index (χ2v) is 6.43. The second kappa shape index (κ2) is 7.05. The predicted octanol–water partition coefficient (Wildman–Crippen LogP) is 3.60. The van der Waals surface area contributed by atoms with E-state index in [0.717, 1.165) is 26.2 Å². The molecule has 0 aliphatic carbocycles. The number of nitrogens with one attached hydrogen (secondary N) is 1. The number of fused-ring (bicyclic) bond motifs is 1. The summed E-state index contributed by atoms with van der Waals surface area (Å²) in [6.07, 6.45) is 3.56. The van der Waals surface area contributed by atoms with Crippen molar-refractivity contribution in [2.45, 2.75) is 39.3 Å². The van der Waals surface area contributed by atoms with Gasteiger partial charge in [-0.3, -0.25) is 0 Å². The van der Waals surface area contributed by atoms with Gasteiger partial charge in [-0.1, -0.05) is 31.2 Å². The molecule has 1 N–H and O–H groups in total. The van der Waals surface area contributed by atoms with Crippen LogP contribution in [0.3, 0.4) is 0 Å². The molecule has 4 heteroatoms. The third-order valence-electron chi connectivity index (χ3n) is 3.90. The lowest BCUT2D eigenvalue weighted by Gasteiger charge is -2.19. The molecule has 1 aromatic heterocycles. The molecule has 0 saturated heterocycles. The Morgan fingerprint density at radius 2 is 2.14 bits per heavy atom. The quantitative estimate of drug-likeness (QED) is 0.855. The Labute approximate surface area is 131 Å². The number of anilines is 1. The molecule has 2 aromatic rings. The number of aromatic nitrogens is 1. The number of hydrogen-bond acceptors (Lipinski definition) is 4. The lowest BCUT2D eigenvalue weighted by molar-refractivity contribution is 0.665. The fourth-order valence-electron chi connectivity index (χ4n) is 2.78. The van der Waals surface area contributed by atoms with E-state index in [1.54, 1.807) is 11.3 Å². The molecule has 112 valence electrons. The van der Waals surface area contributed by atoms with Gasteiger partial charge < -0.3 is 10.2 Å². The number of hydrogen-bond donors (Lipinski definition) is 1. The van der Waals surface area contributed by atoms with Gasteiger partial charge in [0.05, 0.1) is 5.69 Å². The molecule has 0 spiro atoms. The monoisotopic (exact) mass is 301 g/mol. The van der Waals surface area contributed by atoms with Gasteiger partial charge >= 0.3 is 0 Å². The van der Waals surface area contributed by atoms with Crippen LogP contribution in [0.15, 0.2) is 29.6 Å². The summed E-state index contributed by atoms with van der Waals surface area (Å²) < 4.78 is 0. The average Bonchev–Trinajstić information content (AvgIpc) is 2.86. The van der Waals surface area contributed by atoms with Crippen molar-refractivity contribution in [2.75, 3.05) is 18.0 Å². The van der Waals surface area contributed by atoms with Crippen molar-refractivity contribution in [1.82, 2.24) is 10.3 Å². The first-order valence-electron chi connectivity index (χ1n) is 7.83. The van der Waals surface area contributed by atoms with Gasteiger partial charge in [-0.2, -0.15) is 0 Å². The molecular weight excluding hydrogens is 278 g/mol. The van der Waals surface area contributed by atoms with E-state index in [1.165, 1.54) is 41.2 Å². The Bertz CT molecular complexity index is 579. The molecule has 3 nitrogen and oxygen atoms in total. The Hall–Kier alpha value is -1.39. The van der Waals surface area contributed by atoms with Crippen molar-refractivity contribution in [2.24, 2.45) is 0 Å². The van der Waals surface area contributed by atoms with Gasteiger partial charge in [0.15, 0.2) is 5.13 Å². The molecule has 1 aliphatic heterocycles. The van der Waals surface area contributed by atoms with E-state index in [9.17, 15) is 0 Å². The van der Waals surface area contributed by atoms with Crippen LogP contribution in [0.25, 0.3) is 0 Å². The van der Waals surface area contributed by atoms with Crippen LogP contribution in [-0.4, -0.2) is 18.1 Å². The summed E-state index contributed by atoms with van der Waals surface area (Å²) in [5.41, 5.74) is 4.12. The van der Waals surface area contributed by atoms with E-state index in [1.807, 2.05) is 0 Å². The van der Waals surface area contributed by atoms with Crippen molar-refractivity contribution in [3.8, 4) is 0 Å². The first-order valence-corrected chi connectivity index (χ1v) is 8.71. The molecule has 0 radical (unpaired) electrons. The summed E-state index contributed by atoms with van der Waals surface area (Å²) in [5, 5.41) is 6.78. The Balaban J connectivity index is 1.69. The summed E-state index contributed by atoms with van der Waals surface area (Å²) in [6.45, 7) is 6.22. The summed E-state index contributed by atoms with van der Waals surface area (Å²) in [7, 11) is 0. The average molecular weight is 301 g/mol. The van der Waals surface area contributed by atoms with E-state index in [2.05, 4.69) is 46.8 Å². The number of aryl methyl sites for hydroxylation is 1. The van der Waals surface area contributed by atoms with Crippen molar-refractivity contribution >= 4 is 16.5 Å². The highest BCUT2D eigenvalue weighted by Gasteiger charge is 2.16. The Morgan fingerprint density at radius 1 is 1.29 bits per heavy atom. The van der Waals surface area contributed by atoms with Gasteiger partial charge in [-0.15, -0.1) is 11.3 Å². The molecular formula is C17H23N3S. The maximum absolute atomic E-state index is 4.80. The highest BCUT2D eigenvalue weighted by atomic mass is 32.1. The summed E-state index contributed by atoms with van der Waals surface area (Å²) in [5.74, 6) is 0. The summed E-state index contributed by atoms with van der Waals surface area (Å²) in [4.78, 5) is 7.23. The molecule has 0 fully saturated rings. The van der Waals surface area contributed by atoms with Gasteiger partial charge in [0, 0.05) is 25.0 Å². The molecule has 0 saturated carbocycles. The summed E-state index contributed by atoms with van der Waals surface area (Å²) in [6, 6.07) is 8.81. The van der Waals surface area contributed by atoms with Crippen molar-refractivity contribution in [3.05, 3.63) is 46.5 Å². The normalized spacial score (nSPS) is 14.8. The zero-order chi connectivity index (χ0) is 14.5. The third-order valence-corrected chi connectivity index (χ3v) is 4.85. The molecule has 3 rings (SSSR count). The number of rotatable bonds is 5. The highest BCUT2D eigenvalue weighted by Crippen LogP contribution is 2.26. The predicted molar refractivity (Wildman–Crippen MR) is 89.9 cm³/mol. The second-order valence-electron chi connectivity index (χ2n) is 5.59. The van der Waals surface area contributed by atoms with Crippen molar-refractivity contribution in [1.29, 1.82) is 0 Å². The maximum atomic E-state index is 4.80. The highest BCUT2D eigenvalue weighted by molar-refractivity contribution is 7.13. The third kappa shape index (κ3) is 3.63. The number of nitrogens with zero attached hydrogens (tertiary/aromatic N) is 2. The van der Waals surface area contributed by atoms with E-state index in [-0.39, 0.29) is 0 Å². The number of thiazole rings is 1. The lowest BCUT2D eigenvalue weighted by Crippen LogP contribution is -2.22. The standard InChI is InChI=1S/C17H23N3S/c1-2-9-18-11-16-13-21-17(19-16)20-10-5-8-14-6-3-4-7-15(14)12-20/h3-4,6-7,13,18H,2,5,8-12H2,1H3. The van der Waals surface area contributed by atoms with Gasteiger partial charge in [0.1, 0.15) is 0 Å². The van der Waals surface area contributed by atoms with Gasteiger partial charge in [0.25, 0.3) is 0 Å². The minimum atomic E-state index is 0.884. The maximum Gasteiger partial charge on any atom is 0.185 e. The van der Waals surface area contributed by atoms with E-state index >= 15 is 0 Å².